The molecule has 9 heteroatoms. The van der Waals surface area contributed by atoms with Gasteiger partial charge in [0.25, 0.3) is 0 Å². The Bertz CT molecular complexity index is 1140. The highest BCUT2D eigenvalue weighted by Crippen LogP contribution is 2.23. The zero-order valence-corrected chi connectivity index (χ0v) is 20.2. The molecule has 0 spiro atoms. The molecule has 33 heavy (non-hydrogen) atoms. The number of rotatable bonds is 5. The Balaban J connectivity index is 1.34. The molecule has 0 saturated carbocycles. The molecule has 1 N–H and O–H groups in total. The SMILES string of the molecule is Cc1nn(Cc2ccc(F)cc2)c(C)c1NC(=S)N1CCN(Cc2ccc(F)cc2Cl)CC1. The van der Waals surface area contributed by atoms with Crippen LogP contribution in [0.5, 0.6) is 0 Å². The van der Waals surface area contributed by atoms with Crippen molar-refractivity contribution >= 4 is 34.6 Å². The van der Waals surface area contributed by atoms with E-state index in [1.54, 1.807) is 18.2 Å². The van der Waals surface area contributed by atoms with Gasteiger partial charge < -0.3 is 10.2 Å². The molecule has 0 aliphatic carbocycles. The Morgan fingerprint density at radius 2 is 1.67 bits per heavy atom. The maximum Gasteiger partial charge on any atom is 0.173 e. The molecule has 0 amide bonds. The normalized spacial score (nSPS) is 14.5. The van der Waals surface area contributed by atoms with Gasteiger partial charge in [-0.1, -0.05) is 29.8 Å². The van der Waals surface area contributed by atoms with E-state index in [1.165, 1.54) is 24.3 Å². The van der Waals surface area contributed by atoms with Crippen LogP contribution in [0.4, 0.5) is 14.5 Å². The molecule has 1 aliphatic heterocycles. The number of nitrogens with one attached hydrogen (secondary N) is 1. The molecule has 0 unspecified atom stereocenters. The van der Waals surface area contributed by atoms with Gasteiger partial charge in [-0.25, -0.2) is 8.78 Å². The highest BCUT2D eigenvalue weighted by Gasteiger charge is 2.21. The van der Waals surface area contributed by atoms with Crippen molar-refractivity contribution < 1.29 is 8.78 Å². The van der Waals surface area contributed by atoms with Crippen LogP contribution in [0.2, 0.25) is 5.02 Å². The van der Waals surface area contributed by atoms with Crippen molar-refractivity contribution in [1.82, 2.24) is 19.6 Å². The minimum atomic E-state index is -0.323. The number of anilines is 1. The number of aryl methyl sites for hydroxylation is 1. The highest BCUT2D eigenvalue weighted by molar-refractivity contribution is 7.80. The number of hydrogen-bond acceptors (Lipinski definition) is 3. The van der Waals surface area contributed by atoms with Gasteiger partial charge in [-0.2, -0.15) is 5.10 Å². The lowest BCUT2D eigenvalue weighted by molar-refractivity contribution is 0.177. The first-order valence-electron chi connectivity index (χ1n) is 10.8. The fourth-order valence-corrected chi connectivity index (χ4v) is 4.49. The lowest BCUT2D eigenvalue weighted by Gasteiger charge is -2.36. The van der Waals surface area contributed by atoms with Gasteiger partial charge in [0.1, 0.15) is 11.6 Å². The zero-order valence-electron chi connectivity index (χ0n) is 18.6. The second-order valence-electron chi connectivity index (χ2n) is 8.26. The number of benzene rings is 2. The predicted octanol–water partition coefficient (Wildman–Crippen LogP) is 4.99. The van der Waals surface area contributed by atoms with E-state index in [0.717, 1.165) is 54.4 Å². The van der Waals surface area contributed by atoms with E-state index < -0.39 is 0 Å². The van der Waals surface area contributed by atoms with Gasteiger partial charge in [-0.05, 0) is 61.5 Å². The molecule has 2 aromatic carbocycles. The molecule has 1 aromatic heterocycles. The van der Waals surface area contributed by atoms with Gasteiger partial charge in [-0.3, -0.25) is 9.58 Å². The van der Waals surface area contributed by atoms with Crippen molar-refractivity contribution in [3.8, 4) is 0 Å². The third kappa shape index (κ3) is 5.69. The average Bonchev–Trinajstić information content (AvgIpc) is 3.05. The van der Waals surface area contributed by atoms with Crippen molar-refractivity contribution in [2.75, 3.05) is 31.5 Å². The summed E-state index contributed by atoms with van der Waals surface area (Å²) in [4.78, 5) is 4.43. The number of nitrogens with zero attached hydrogens (tertiary/aromatic N) is 4. The van der Waals surface area contributed by atoms with E-state index in [4.69, 9.17) is 23.8 Å². The second-order valence-corrected chi connectivity index (χ2v) is 9.05. The van der Waals surface area contributed by atoms with Crippen LogP contribution in [-0.4, -0.2) is 50.9 Å². The van der Waals surface area contributed by atoms with Crippen LogP contribution in [-0.2, 0) is 13.1 Å². The van der Waals surface area contributed by atoms with Crippen molar-refractivity contribution in [2.45, 2.75) is 26.9 Å². The van der Waals surface area contributed by atoms with Gasteiger partial charge in [0.15, 0.2) is 5.11 Å². The first-order chi connectivity index (χ1) is 15.8. The van der Waals surface area contributed by atoms with E-state index in [9.17, 15) is 8.78 Å². The third-order valence-corrected chi connectivity index (χ3v) is 6.64. The lowest BCUT2D eigenvalue weighted by Crippen LogP contribution is -2.49. The molecule has 0 atom stereocenters. The maximum absolute atomic E-state index is 13.3. The van der Waals surface area contributed by atoms with Crippen molar-refractivity contribution in [1.29, 1.82) is 0 Å². The standard InChI is InChI=1S/C24H26ClF2N5S/c1-16-23(17(2)32(29-16)14-18-3-6-20(26)7-4-18)28-24(33)31-11-9-30(10-12-31)15-19-5-8-21(27)13-22(19)25/h3-8,13H,9-12,14-15H2,1-2H3,(H,28,33). The Morgan fingerprint density at radius 3 is 2.33 bits per heavy atom. The van der Waals surface area contributed by atoms with Crippen LogP contribution in [0.1, 0.15) is 22.5 Å². The average molecular weight is 490 g/mol. The van der Waals surface area contributed by atoms with Gasteiger partial charge in [0.2, 0.25) is 0 Å². The molecule has 174 valence electrons. The van der Waals surface area contributed by atoms with Crippen LogP contribution in [0, 0.1) is 25.5 Å². The molecule has 1 saturated heterocycles. The fourth-order valence-electron chi connectivity index (χ4n) is 3.98. The fraction of sp³-hybridized carbons (Fsp3) is 0.333. The predicted molar refractivity (Wildman–Crippen MR) is 132 cm³/mol. The van der Waals surface area contributed by atoms with Crippen LogP contribution in [0.15, 0.2) is 42.5 Å². The lowest BCUT2D eigenvalue weighted by atomic mass is 10.2. The Hall–Kier alpha value is -2.55. The van der Waals surface area contributed by atoms with Crippen molar-refractivity contribution in [3.05, 3.63) is 81.6 Å². The van der Waals surface area contributed by atoms with E-state index in [2.05, 4.69) is 20.2 Å². The quantitative estimate of drug-likeness (QED) is 0.511. The summed E-state index contributed by atoms with van der Waals surface area (Å²) in [6, 6.07) is 11.0. The summed E-state index contributed by atoms with van der Waals surface area (Å²) in [5.41, 5.74) is 4.65. The first kappa shape index (κ1) is 23.6. The second kappa shape index (κ2) is 10.2. The summed E-state index contributed by atoms with van der Waals surface area (Å²) in [6.45, 7) is 8.42. The molecule has 0 radical (unpaired) electrons. The summed E-state index contributed by atoms with van der Waals surface area (Å²) in [7, 11) is 0. The van der Waals surface area contributed by atoms with E-state index in [1.807, 2.05) is 18.5 Å². The summed E-state index contributed by atoms with van der Waals surface area (Å²) in [5.74, 6) is -0.572. The monoisotopic (exact) mass is 489 g/mol. The Morgan fingerprint density at radius 1 is 1.00 bits per heavy atom. The number of thiocarbonyl (C=S) groups is 1. The van der Waals surface area contributed by atoms with Crippen molar-refractivity contribution in [3.63, 3.8) is 0 Å². The minimum Gasteiger partial charge on any atom is -0.346 e. The molecule has 5 nitrogen and oxygen atoms in total. The van der Waals surface area contributed by atoms with Gasteiger partial charge in [0.05, 0.1) is 23.6 Å². The molecular weight excluding hydrogens is 464 g/mol. The number of aromatic nitrogens is 2. The summed E-state index contributed by atoms with van der Waals surface area (Å²) in [5, 5.41) is 9.14. The van der Waals surface area contributed by atoms with Crippen LogP contribution in [0.3, 0.4) is 0 Å². The molecule has 1 aliphatic rings. The summed E-state index contributed by atoms with van der Waals surface area (Å²) < 4.78 is 28.4. The molecule has 2 heterocycles. The van der Waals surface area contributed by atoms with Gasteiger partial charge in [-0.15, -0.1) is 0 Å². The van der Waals surface area contributed by atoms with Crippen LogP contribution in [0.25, 0.3) is 0 Å². The summed E-state index contributed by atoms with van der Waals surface area (Å²) >= 11 is 11.9. The molecule has 4 rings (SSSR count). The molecule has 3 aromatic rings. The van der Waals surface area contributed by atoms with Crippen LogP contribution >= 0.6 is 23.8 Å². The Kier molecular flexibility index (Phi) is 7.26. The molecule has 0 bridgehead atoms. The zero-order chi connectivity index (χ0) is 23.5. The third-order valence-electron chi connectivity index (χ3n) is 5.93. The smallest absolute Gasteiger partial charge is 0.173 e. The number of piperazine rings is 1. The van der Waals surface area contributed by atoms with Crippen LogP contribution < -0.4 is 5.32 Å². The van der Waals surface area contributed by atoms with E-state index in [0.29, 0.717) is 23.2 Å². The Labute approximate surface area is 202 Å². The van der Waals surface area contributed by atoms with Crippen molar-refractivity contribution in [2.24, 2.45) is 0 Å². The minimum absolute atomic E-state index is 0.249. The molecular formula is C24H26ClF2N5S. The van der Waals surface area contributed by atoms with E-state index >= 15 is 0 Å². The topological polar surface area (TPSA) is 36.3 Å². The van der Waals surface area contributed by atoms with Gasteiger partial charge >= 0.3 is 0 Å². The number of hydrogen-bond donors (Lipinski definition) is 1. The van der Waals surface area contributed by atoms with E-state index in [-0.39, 0.29) is 11.6 Å². The highest BCUT2D eigenvalue weighted by atomic mass is 35.5. The largest absolute Gasteiger partial charge is 0.346 e. The summed E-state index contributed by atoms with van der Waals surface area (Å²) in [6.07, 6.45) is 0. The first-order valence-corrected chi connectivity index (χ1v) is 11.6. The number of halogens is 3. The maximum atomic E-state index is 13.3. The van der Waals surface area contributed by atoms with Gasteiger partial charge in [0, 0.05) is 37.7 Å². The molecule has 1 fully saturated rings.